The highest BCUT2D eigenvalue weighted by Crippen LogP contribution is 2.29. The van der Waals surface area contributed by atoms with Crippen LogP contribution in [0, 0.1) is 5.92 Å². The maximum absolute atomic E-state index is 12.1. The molecule has 5 nitrogen and oxygen atoms in total. The van der Waals surface area contributed by atoms with E-state index in [0.717, 1.165) is 12.8 Å². The van der Waals surface area contributed by atoms with Crippen molar-refractivity contribution in [1.82, 2.24) is 4.90 Å². The Balaban J connectivity index is 1.99. The minimum Gasteiger partial charge on any atom is -0.481 e. The summed E-state index contributed by atoms with van der Waals surface area (Å²) in [5, 5.41) is 8.87. The zero-order valence-corrected chi connectivity index (χ0v) is 9.44. The molecule has 2 saturated heterocycles. The van der Waals surface area contributed by atoms with E-state index in [2.05, 4.69) is 0 Å². The summed E-state index contributed by atoms with van der Waals surface area (Å²) in [6.45, 7) is 3.29. The summed E-state index contributed by atoms with van der Waals surface area (Å²) in [5.41, 5.74) is -0.715. The van der Waals surface area contributed by atoms with Crippen molar-refractivity contribution in [2.24, 2.45) is 5.92 Å². The highest BCUT2D eigenvalue weighted by atomic mass is 16.5. The normalized spacial score (nSPS) is 34.3. The van der Waals surface area contributed by atoms with Crippen molar-refractivity contribution in [3.63, 3.8) is 0 Å². The molecule has 90 valence electrons. The zero-order chi connectivity index (χ0) is 11.8. The van der Waals surface area contributed by atoms with E-state index < -0.39 is 17.5 Å². The maximum atomic E-state index is 12.1. The fourth-order valence-electron chi connectivity index (χ4n) is 2.43. The van der Waals surface area contributed by atoms with Gasteiger partial charge >= 0.3 is 5.97 Å². The van der Waals surface area contributed by atoms with Crippen LogP contribution in [0.3, 0.4) is 0 Å². The van der Waals surface area contributed by atoms with Gasteiger partial charge in [0.25, 0.3) is 5.91 Å². The van der Waals surface area contributed by atoms with Crippen molar-refractivity contribution in [3.8, 4) is 0 Å². The first kappa shape index (κ1) is 11.4. The summed E-state index contributed by atoms with van der Waals surface area (Å²) in [5.74, 6) is -1.27. The number of rotatable bonds is 2. The standard InChI is InChI=1S/C11H17NO4/c1-11(4-2-6-16-11)10(15)12-5-3-8(7-12)9(13)14/h8H,2-7H2,1H3,(H,13,14). The third-order valence-corrected chi connectivity index (χ3v) is 3.50. The van der Waals surface area contributed by atoms with Crippen LogP contribution in [0.15, 0.2) is 0 Å². The second-order valence-corrected chi connectivity index (χ2v) is 4.76. The molecule has 2 heterocycles. The van der Waals surface area contributed by atoms with Crippen LogP contribution in [0.1, 0.15) is 26.2 Å². The molecule has 0 aromatic carbocycles. The molecular weight excluding hydrogens is 210 g/mol. The smallest absolute Gasteiger partial charge is 0.308 e. The van der Waals surface area contributed by atoms with Crippen molar-refractivity contribution in [2.75, 3.05) is 19.7 Å². The molecule has 2 aliphatic heterocycles. The minimum atomic E-state index is -0.812. The Bertz CT molecular complexity index is 309. The van der Waals surface area contributed by atoms with Gasteiger partial charge in [-0.2, -0.15) is 0 Å². The van der Waals surface area contributed by atoms with Crippen LogP contribution in [0.4, 0.5) is 0 Å². The molecule has 0 aliphatic carbocycles. The third-order valence-electron chi connectivity index (χ3n) is 3.50. The Hall–Kier alpha value is -1.10. The molecular formula is C11H17NO4. The number of amides is 1. The molecule has 2 unspecified atom stereocenters. The van der Waals surface area contributed by atoms with Crippen LogP contribution in [0.2, 0.25) is 0 Å². The number of hydrogen-bond acceptors (Lipinski definition) is 3. The van der Waals surface area contributed by atoms with Crippen molar-refractivity contribution < 1.29 is 19.4 Å². The number of nitrogens with zero attached hydrogens (tertiary/aromatic N) is 1. The van der Waals surface area contributed by atoms with Crippen LogP contribution in [-0.4, -0.2) is 47.2 Å². The van der Waals surface area contributed by atoms with Crippen molar-refractivity contribution in [3.05, 3.63) is 0 Å². The molecule has 0 spiro atoms. The monoisotopic (exact) mass is 227 g/mol. The number of carboxylic acid groups (broad SMARTS) is 1. The summed E-state index contributed by atoms with van der Waals surface area (Å²) in [6.07, 6.45) is 2.19. The summed E-state index contributed by atoms with van der Waals surface area (Å²) in [6, 6.07) is 0. The number of hydrogen-bond donors (Lipinski definition) is 1. The summed E-state index contributed by atoms with van der Waals surface area (Å²) < 4.78 is 5.47. The first-order chi connectivity index (χ1) is 7.53. The molecule has 16 heavy (non-hydrogen) atoms. The van der Waals surface area contributed by atoms with Crippen LogP contribution >= 0.6 is 0 Å². The van der Waals surface area contributed by atoms with Gasteiger partial charge in [0.1, 0.15) is 5.60 Å². The van der Waals surface area contributed by atoms with E-state index in [0.29, 0.717) is 26.1 Å². The van der Waals surface area contributed by atoms with E-state index in [-0.39, 0.29) is 5.91 Å². The highest BCUT2D eigenvalue weighted by Gasteiger charge is 2.43. The van der Waals surface area contributed by atoms with E-state index in [1.807, 2.05) is 0 Å². The molecule has 2 fully saturated rings. The second-order valence-electron chi connectivity index (χ2n) is 4.76. The second kappa shape index (κ2) is 4.05. The van der Waals surface area contributed by atoms with Gasteiger partial charge in [0.2, 0.25) is 0 Å². The molecule has 1 amide bonds. The van der Waals surface area contributed by atoms with E-state index in [9.17, 15) is 9.59 Å². The molecule has 2 atom stereocenters. The van der Waals surface area contributed by atoms with Gasteiger partial charge in [-0.25, -0.2) is 0 Å². The molecule has 1 N–H and O–H groups in total. The van der Waals surface area contributed by atoms with E-state index in [1.165, 1.54) is 0 Å². The van der Waals surface area contributed by atoms with Gasteiger partial charge in [0.15, 0.2) is 0 Å². The Morgan fingerprint density at radius 1 is 1.50 bits per heavy atom. The van der Waals surface area contributed by atoms with Gasteiger partial charge < -0.3 is 14.7 Å². The predicted octanol–water partition coefficient (Wildman–Crippen LogP) is 0.489. The van der Waals surface area contributed by atoms with Gasteiger partial charge in [-0.3, -0.25) is 9.59 Å². The maximum Gasteiger partial charge on any atom is 0.308 e. The number of carboxylic acids is 1. The highest BCUT2D eigenvalue weighted by molar-refractivity contribution is 5.86. The van der Waals surface area contributed by atoms with Crippen LogP contribution in [0.25, 0.3) is 0 Å². The lowest BCUT2D eigenvalue weighted by Crippen LogP contribution is -2.46. The van der Waals surface area contributed by atoms with Gasteiger partial charge in [-0.1, -0.05) is 0 Å². The Kier molecular flexibility index (Phi) is 2.88. The van der Waals surface area contributed by atoms with Crippen LogP contribution in [-0.2, 0) is 14.3 Å². The van der Waals surface area contributed by atoms with Gasteiger partial charge in [0, 0.05) is 19.7 Å². The number of carbonyl (C=O) groups excluding carboxylic acids is 1. The summed E-state index contributed by atoms with van der Waals surface area (Å²) in [4.78, 5) is 24.6. The molecule has 0 bridgehead atoms. The van der Waals surface area contributed by atoms with E-state index >= 15 is 0 Å². The molecule has 2 rings (SSSR count). The lowest BCUT2D eigenvalue weighted by Gasteiger charge is -2.27. The van der Waals surface area contributed by atoms with Gasteiger partial charge in [-0.15, -0.1) is 0 Å². The average Bonchev–Trinajstić information content (AvgIpc) is 2.85. The number of ether oxygens (including phenoxy) is 1. The lowest BCUT2D eigenvalue weighted by atomic mass is 10.0. The van der Waals surface area contributed by atoms with Crippen LogP contribution < -0.4 is 0 Å². The average molecular weight is 227 g/mol. The Morgan fingerprint density at radius 3 is 2.75 bits per heavy atom. The van der Waals surface area contributed by atoms with Crippen LogP contribution in [0.5, 0.6) is 0 Å². The molecule has 0 saturated carbocycles. The first-order valence-corrected chi connectivity index (χ1v) is 5.69. The van der Waals surface area contributed by atoms with E-state index in [4.69, 9.17) is 9.84 Å². The molecule has 0 radical (unpaired) electrons. The minimum absolute atomic E-state index is 0.0475. The van der Waals surface area contributed by atoms with E-state index in [1.54, 1.807) is 11.8 Å². The number of likely N-dealkylation sites (tertiary alicyclic amines) is 1. The summed E-state index contributed by atoms with van der Waals surface area (Å²) in [7, 11) is 0. The van der Waals surface area contributed by atoms with Gasteiger partial charge in [0.05, 0.1) is 5.92 Å². The lowest BCUT2D eigenvalue weighted by molar-refractivity contribution is -0.150. The summed E-state index contributed by atoms with van der Waals surface area (Å²) >= 11 is 0. The first-order valence-electron chi connectivity index (χ1n) is 5.69. The van der Waals surface area contributed by atoms with Crippen molar-refractivity contribution in [1.29, 1.82) is 0 Å². The fraction of sp³-hybridized carbons (Fsp3) is 0.818. The molecule has 0 aromatic rings. The molecule has 0 aromatic heterocycles. The topological polar surface area (TPSA) is 66.8 Å². The van der Waals surface area contributed by atoms with Crippen molar-refractivity contribution in [2.45, 2.75) is 31.8 Å². The number of carbonyl (C=O) groups is 2. The fourth-order valence-corrected chi connectivity index (χ4v) is 2.43. The largest absolute Gasteiger partial charge is 0.481 e. The zero-order valence-electron chi connectivity index (χ0n) is 9.44. The SMILES string of the molecule is CC1(C(=O)N2CCC(C(=O)O)C2)CCCO1. The number of aliphatic carboxylic acids is 1. The van der Waals surface area contributed by atoms with Crippen molar-refractivity contribution >= 4 is 11.9 Å². The Morgan fingerprint density at radius 2 is 2.25 bits per heavy atom. The predicted molar refractivity (Wildman–Crippen MR) is 55.9 cm³/mol. The van der Waals surface area contributed by atoms with Gasteiger partial charge in [-0.05, 0) is 26.2 Å². The molecule has 5 heteroatoms. The third kappa shape index (κ3) is 1.91. The molecule has 2 aliphatic rings. The quantitative estimate of drug-likeness (QED) is 0.745. The Labute approximate surface area is 94.4 Å².